The van der Waals surface area contributed by atoms with Crippen molar-refractivity contribution in [1.29, 1.82) is 0 Å². The van der Waals surface area contributed by atoms with E-state index in [9.17, 15) is 4.39 Å². The van der Waals surface area contributed by atoms with Crippen LogP contribution < -0.4 is 15.4 Å². The lowest BCUT2D eigenvalue weighted by atomic mass is 9.91. The lowest BCUT2D eigenvalue weighted by Gasteiger charge is -2.24. The summed E-state index contributed by atoms with van der Waals surface area (Å²) in [6, 6.07) is 14.2. The lowest BCUT2D eigenvalue weighted by molar-refractivity contribution is 0.419. The third-order valence-electron chi connectivity index (χ3n) is 4.64. The summed E-state index contributed by atoms with van der Waals surface area (Å²) < 4.78 is 19.3. The fraction of sp³-hybridized carbons (Fsp3) is 0.238. The van der Waals surface area contributed by atoms with E-state index in [1.807, 2.05) is 30.3 Å². The normalized spacial score (nSPS) is 14.7. The number of rotatable bonds is 5. The van der Waals surface area contributed by atoms with Crippen molar-refractivity contribution in [3.8, 4) is 11.6 Å². The van der Waals surface area contributed by atoms with Gasteiger partial charge in [0.25, 0.3) is 0 Å². The van der Waals surface area contributed by atoms with Crippen molar-refractivity contribution in [3.05, 3.63) is 72.3 Å². The van der Waals surface area contributed by atoms with Crippen LogP contribution in [0.2, 0.25) is 0 Å². The number of hydrogen-bond acceptors (Lipinski definition) is 5. The van der Waals surface area contributed by atoms with Crippen LogP contribution in [-0.4, -0.2) is 23.1 Å². The first kappa shape index (κ1) is 17.4. The molecule has 2 N–H and O–H groups in total. The van der Waals surface area contributed by atoms with Crippen LogP contribution in [0.15, 0.2) is 60.9 Å². The van der Waals surface area contributed by atoms with E-state index in [1.165, 1.54) is 18.3 Å². The lowest BCUT2D eigenvalue weighted by Crippen LogP contribution is -2.26. The standard InChI is InChI=1S/C21H21FN4O/c22-16-9-13-24-20(14-16)26-17-3-5-18(6-4-17)27-21-19(2-1-10-25-21)15-7-11-23-12-8-15/h1-6,9-10,13-15,23H,7-8,11-12H2,(H,24,26). The van der Waals surface area contributed by atoms with Crippen LogP contribution in [0.25, 0.3) is 0 Å². The molecule has 0 bridgehead atoms. The molecule has 0 radical (unpaired) electrons. The number of nitrogens with zero attached hydrogens (tertiary/aromatic N) is 2. The molecule has 138 valence electrons. The van der Waals surface area contributed by atoms with Gasteiger partial charge in [-0.1, -0.05) is 6.07 Å². The van der Waals surface area contributed by atoms with Gasteiger partial charge in [-0.15, -0.1) is 0 Å². The van der Waals surface area contributed by atoms with Crippen molar-refractivity contribution in [3.63, 3.8) is 0 Å². The van der Waals surface area contributed by atoms with E-state index in [0.29, 0.717) is 23.4 Å². The molecule has 1 aliphatic heterocycles. The first-order chi connectivity index (χ1) is 13.3. The summed E-state index contributed by atoms with van der Waals surface area (Å²) in [6.07, 6.45) is 5.36. The minimum atomic E-state index is -0.326. The molecule has 1 aromatic carbocycles. The predicted octanol–water partition coefficient (Wildman–Crippen LogP) is 4.62. The molecule has 1 saturated heterocycles. The summed E-state index contributed by atoms with van der Waals surface area (Å²) in [6.45, 7) is 2.04. The van der Waals surface area contributed by atoms with Gasteiger partial charge >= 0.3 is 0 Å². The summed E-state index contributed by atoms with van der Waals surface area (Å²) in [7, 11) is 0. The second-order valence-corrected chi connectivity index (χ2v) is 6.53. The highest BCUT2D eigenvalue weighted by molar-refractivity contribution is 5.57. The van der Waals surface area contributed by atoms with Gasteiger partial charge < -0.3 is 15.4 Å². The van der Waals surface area contributed by atoms with Crippen LogP contribution in [-0.2, 0) is 0 Å². The van der Waals surface area contributed by atoms with Gasteiger partial charge in [0.15, 0.2) is 0 Å². The fourth-order valence-corrected chi connectivity index (χ4v) is 3.27. The first-order valence-corrected chi connectivity index (χ1v) is 9.10. The van der Waals surface area contributed by atoms with Crippen molar-refractivity contribution in [2.45, 2.75) is 18.8 Å². The molecule has 3 aromatic rings. The van der Waals surface area contributed by atoms with E-state index in [-0.39, 0.29) is 5.82 Å². The van der Waals surface area contributed by atoms with Gasteiger partial charge in [-0.3, -0.25) is 0 Å². The molecule has 1 fully saturated rings. The third-order valence-corrected chi connectivity index (χ3v) is 4.64. The summed E-state index contributed by atoms with van der Waals surface area (Å²) in [5.74, 6) is 1.98. The largest absolute Gasteiger partial charge is 0.439 e. The Bertz CT molecular complexity index is 895. The minimum Gasteiger partial charge on any atom is -0.439 e. The molecule has 0 amide bonds. The van der Waals surface area contributed by atoms with E-state index in [4.69, 9.17) is 4.74 Å². The Hall–Kier alpha value is -2.99. The van der Waals surface area contributed by atoms with Gasteiger partial charge in [0.1, 0.15) is 17.4 Å². The number of nitrogens with one attached hydrogen (secondary N) is 2. The Morgan fingerprint density at radius 2 is 1.81 bits per heavy atom. The third kappa shape index (κ3) is 4.41. The zero-order chi connectivity index (χ0) is 18.5. The number of ether oxygens (including phenoxy) is 1. The fourth-order valence-electron chi connectivity index (χ4n) is 3.27. The molecule has 27 heavy (non-hydrogen) atoms. The van der Waals surface area contributed by atoms with E-state index in [0.717, 1.165) is 37.2 Å². The monoisotopic (exact) mass is 364 g/mol. The Balaban J connectivity index is 1.47. The number of aromatic nitrogens is 2. The van der Waals surface area contributed by atoms with Gasteiger partial charge in [0, 0.05) is 29.7 Å². The molecule has 6 heteroatoms. The van der Waals surface area contributed by atoms with Crippen molar-refractivity contribution in [2.24, 2.45) is 0 Å². The maximum atomic E-state index is 13.3. The quantitative estimate of drug-likeness (QED) is 0.692. The highest BCUT2D eigenvalue weighted by Crippen LogP contribution is 2.33. The smallest absolute Gasteiger partial charge is 0.222 e. The molecule has 3 heterocycles. The Kier molecular flexibility index (Phi) is 5.25. The molecule has 0 saturated carbocycles. The maximum absolute atomic E-state index is 13.3. The van der Waals surface area contributed by atoms with Gasteiger partial charge in [-0.2, -0.15) is 0 Å². The summed E-state index contributed by atoms with van der Waals surface area (Å²) >= 11 is 0. The molecule has 0 atom stereocenters. The number of halogens is 1. The van der Waals surface area contributed by atoms with Gasteiger partial charge in [-0.05, 0) is 68.2 Å². The van der Waals surface area contributed by atoms with E-state index >= 15 is 0 Å². The van der Waals surface area contributed by atoms with E-state index in [2.05, 4.69) is 26.7 Å². The van der Waals surface area contributed by atoms with Gasteiger partial charge in [0.2, 0.25) is 5.88 Å². The van der Waals surface area contributed by atoms with Crippen LogP contribution in [0.5, 0.6) is 11.6 Å². The summed E-state index contributed by atoms with van der Waals surface area (Å²) in [4.78, 5) is 8.53. The molecule has 1 aliphatic rings. The predicted molar refractivity (Wildman–Crippen MR) is 103 cm³/mol. The molecule has 0 aliphatic carbocycles. The van der Waals surface area contributed by atoms with Crippen LogP contribution in [0.1, 0.15) is 24.3 Å². The number of piperidine rings is 1. The molecular formula is C21H21FN4O. The number of pyridine rings is 2. The van der Waals surface area contributed by atoms with Crippen molar-refractivity contribution in [1.82, 2.24) is 15.3 Å². The number of anilines is 2. The topological polar surface area (TPSA) is 59.1 Å². The zero-order valence-electron chi connectivity index (χ0n) is 14.9. The molecule has 5 nitrogen and oxygen atoms in total. The second-order valence-electron chi connectivity index (χ2n) is 6.53. The zero-order valence-corrected chi connectivity index (χ0v) is 14.9. The van der Waals surface area contributed by atoms with Crippen molar-refractivity contribution >= 4 is 11.5 Å². The maximum Gasteiger partial charge on any atom is 0.222 e. The van der Waals surface area contributed by atoms with Crippen LogP contribution in [0.3, 0.4) is 0 Å². The minimum absolute atomic E-state index is 0.326. The van der Waals surface area contributed by atoms with Crippen LogP contribution in [0, 0.1) is 5.82 Å². The SMILES string of the molecule is Fc1ccnc(Nc2ccc(Oc3ncccc3C3CCNCC3)cc2)c1. The van der Waals surface area contributed by atoms with E-state index in [1.54, 1.807) is 6.20 Å². The molecular weight excluding hydrogens is 343 g/mol. The number of benzene rings is 1. The van der Waals surface area contributed by atoms with Crippen LogP contribution in [0.4, 0.5) is 15.9 Å². The first-order valence-electron chi connectivity index (χ1n) is 9.10. The Labute approximate surface area is 157 Å². The second kappa shape index (κ2) is 8.14. The Morgan fingerprint density at radius 1 is 1.00 bits per heavy atom. The summed E-state index contributed by atoms with van der Waals surface area (Å²) in [5, 5.41) is 6.46. The van der Waals surface area contributed by atoms with Crippen LogP contribution >= 0.6 is 0 Å². The van der Waals surface area contributed by atoms with Gasteiger partial charge in [0.05, 0.1) is 0 Å². The Morgan fingerprint density at radius 3 is 2.59 bits per heavy atom. The average Bonchev–Trinajstić information content (AvgIpc) is 2.71. The highest BCUT2D eigenvalue weighted by atomic mass is 19.1. The molecule has 4 rings (SSSR count). The molecule has 0 unspecified atom stereocenters. The highest BCUT2D eigenvalue weighted by Gasteiger charge is 2.20. The van der Waals surface area contributed by atoms with E-state index < -0.39 is 0 Å². The molecule has 0 spiro atoms. The van der Waals surface area contributed by atoms with Gasteiger partial charge in [-0.25, -0.2) is 14.4 Å². The van der Waals surface area contributed by atoms with Crippen molar-refractivity contribution in [2.75, 3.05) is 18.4 Å². The average molecular weight is 364 g/mol. The van der Waals surface area contributed by atoms with Crippen molar-refractivity contribution < 1.29 is 9.13 Å². The summed E-state index contributed by atoms with van der Waals surface area (Å²) in [5.41, 5.74) is 1.96. The number of hydrogen-bond donors (Lipinski definition) is 2. The molecule has 2 aromatic heterocycles.